The summed E-state index contributed by atoms with van der Waals surface area (Å²) in [6.45, 7) is 2.85. The average Bonchev–Trinajstić information content (AvgIpc) is 3.27. The van der Waals surface area contributed by atoms with Crippen molar-refractivity contribution in [1.82, 2.24) is 10.2 Å². The van der Waals surface area contributed by atoms with Gasteiger partial charge < -0.3 is 15.5 Å². The third kappa shape index (κ3) is 6.01. The third-order valence-corrected chi connectivity index (χ3v) is 4.92. The molecule has 2 heterocycles. The first kappa shape index (κ1) is 19.7. The van der Waals surface area contributed by atoms with Gasteiger partial charge in [0.15, 0.2) is 0 Å². The number of benzene rings is 1. The molecule has 0 radical (unpaired) electrons. The van der Waals surface area contributed by atoms with Crippen LogP contribution in [-0.4, -0.2) is 42.4 Å². The van der Waals surface area contributed by atoms with Crippen LogP contribution in [0.5, 0.6) is 0 Å². The number of nitrogens with zero attached hydrogens (tertiary/aromatic N) is 1. The van der Waals surface area contributed by atoms with Gasteiger partial charge in [-0.1, -0.05) is 12.1 Å². The molecule has 5 nitrogen and oxygen atoms in total. The third-order valence-electron chi connectivity index (χ3n) is 4.92. The molecule has 1 unspecified atom stereocenters. The van der Waals surface area contributed by atoms with Gasteiger partial charge in [0.2, 0.25) is 11.8 Å². The molecule has 0 aromatic heterocycles. The molecule has 2 aliphatic heterocycles. The summed E-state index contributed by atoms with van der Waals surface area (Å²) in [5.74, 6) is 0.320. The number of carbonyl (C=O) groups excluding carboxylic acids is 2. The molecule has 1 aromatic rings. The van der Waals surface area contributed by atoms with Gasteiger partial charge in [0.1, 0.15) is 0 Å². The second-order valence-corrected chi connectivity index (χ2v) is 6.83. The second-order valence-electron chi connectivity index (χ2n) is 6.83. The predicted molar refractivity (Wildman–Crippen MR) is 102 cm³/mol. The predicted octanol–water partition coefficient (Wildman–Crippen LogP) is 2.74. The van der Waals surface area contributed by atoms with Crippen LogP contribution in [0.15, 0.2) is 24.3 Å². The Balaban J connectivity index is 0.00000225. The van der Waals surface area contributed by atoms with E-state index in [9.17, 15) is 9.59 Å². The highest BCUT2D eigenvalue weighted by Crippen LogP contribution is 2.15. The van der Waals surface area contributed by atoms with Crippen LogP contribution in [0.2, 0.25) is 0 Å². The molecule has 0 spiro atoms. The highest BCUT2D eigenvalue weighted by molar-refractivity contribution is 5.91. The number of rotatable bonds is 6. The number of aryl methyl sites for hydroxylation is 1. The van der Waals surface area contributed by atoms with E-state index >= 15 is 0 Å². The lowest BCUT2D eigenvalue weighted by Crippen LogP contribution is -2.27. The molecule has 2 amide bonds. The maximum atomic E-state index is 12.1. The van der Waals surface area contributed by atoms with Crippen molar-refractivity contribution >= 4 is 29.9 Å². The van der Waals surface area contributed by atoms with Gasteiger partial charge in [-0.25, -0.2) is 0 Å². The zero-order valence-electron chi connectivity index (χ0n) is 14.6. The quantitative estimate of drug-likeness (QED) is 0.814. The van der Waals surface area contributed by atoms with Gasteiger partial charge >= 0.3 is 0 Å². The summed E-state index contributed by atoms with van der Waals surface area (Å²) in [5, 5.41) is 6.29. The van der Waals surface area contributed by atoms with Crippen LogP contribution in [0, 0.1) is 0 Å². The minimum Gasteiger partial charge on any atom is -0.343 e. The maximum Gasteiger partial charge on any atom is 0.225 e. The molecule has 0 aliphatic carbocycles. The molecule has 138 valence electrons. The van der Waals surface area contributed by atoms with Crippen molar-refractivity contribution < 1.29 is 9.59 Å². The first-order chi connectivity index (χ1) is 11.7. The maximum absolute atomic E-state index is 12.1. The lowest BCUT2D eigenvalue weighted by molar-refractivity contribution is -0.130. The number of amides is 2. The van der Waals surface area contributed by atoms with Crippen LogP contribution >= 0.6 is 12.4 Å². The second kappa shape index (κ2) is 9.78. The molecule has 3 rings (SSSR count). The van der Waals surface area contributed by atoms with E-state index in [2.05, 4.69) is 10.6 Å². The van der Waals surface area contributed by atoms with Crippen molar-refractivity contribution in [3.63, 3.8) is 0 Å². The Labute approximate surface area is 155 Å². The van der Waals surface area contributed by atoms with E-state index in [-0.39, 0.29) is 24.2 Å². The van der Waals surface area contributed by atoms with E-state index in [1.54, 1.807) is 0 Å². The molecule has 2 N–H and O–H groups in total. The van der Waals surface area contributed by atoms with Gasteiger partial charge in [0.25, 0.3) is 0 Å². The highest BCUT2D eigenvalue weighted by Gasteiger charge is 2.18. The van der Waals surface area contributed by atoms with Crippen molar-refractivity contribution in [3.8, 4) is 0 Å². The van der Waals surface area contributed by atoms with Gasteiger partial charge in [-0.05, 0) is 56.3 Å². The molecule has 1 aromatic carbocycles. The minimum atomic E-state index is 0. The molecule has 1 atom stereocenters. The Bertz CT molecular complexity index is 565. The number of carbonyl (C=O) groups is 2. The molecule has 0 bridgehead atoms. The van der Waals surface area contributed by atoms with E-state index in [0.717, 1.165) is 63.0 Å². The zero-order chi connectivity index (χ0) is 16.8. The van der Waals surface area contributed by atoms with Crippen LogP contribution in [0.1, 0.15) is 44.1 Å². The fraction of sp³-hybridized carbons (Fsp3) is 0.579. The van der Waals surface area contributed by atoms with Crippen molar-refractivity contribution in [1.29, 1.82) is 0 Å². The smallest absolute Gasteiger partial charge is 0.225 e. The van der Waals surface area contributed by atoms with Crippen LogP contribution in [0.25, 0.3) is 0 Å². The standard InChI is InChI=1S/C19H27N3O2.ClH/c23-18(14-17-4-3-11-20-17)21-16-8-5-15(6-9-16)7-10-19(24)22-12-1-2-13-22;/h5-6,8-9,17,20H,1-4,7,10-14H2,(H,21,23);1H. The monoisotopic (exact) mass is 365 g/mol. The molecule has 2 fully saturated rings. The van der Waals surface area contributed by atoms with Gasteiger partial charge in [-0.15, -0.1) is 12.4 Å². The first-order valence-electron chi connectivity index (χ1n) is 9.11. The topological polar surface area (TPSA) is 61.4 Å². The zero-order valence-corrected chi connectivity index (χ0v) is 15.4. The van der Waals surface area contributed by atoms with E-state index < -0.39 is 0 Å². The molecule has 0 saturated carbocycles. The summed E-state index contributed by atoms with van der Waals surface area (Å²) in [5.41, 5.74) is 1.96. The highest BCUT2D eigenvalue weighted by atomic mass is 35.5. The van der Waals surface area contributed by atoms with Gasteiger partial charge in [-0.3, -0.25) is 9.59 Å². The minimum absolute atomic E-state index is 0. The average molecular weight is 366 g/mol. The number of likely N-dealkylation sites (tertiary alicyclic amines) is 1. The van der Waals surface area contributed by atoms with Crippen LogP contribution < -0.4 is 10.6 Å². The van der Waals surface area contributed by atoms with E-state index in [1.807, 2.05) is 29.2 Å². The summed E-state index contributed by atoms with van der Waals surface area (Å²) in [7, 11) is 0. The molecular weight excluding hydrogens is 338 g/mol. The number of anilines is 1. The Morgan fingerprint density at radius 1 is 1.12 bits per heavy atom. The fourth-order valence-corrected chi connectivity index (χ4v) is 3.50. The molecule has 2 aliphatic rings. The van der Waals surface area contributed by atoms with E-state index in [1.165, 1.54) is 0 Å². The van der Waals surface area contributed by atoms with Crippen molar-refractivity contribution in [3.05, 3.63) is 29.8 Å². The summed E-state index contributed by atoms with van der Waals surface area (Å²) >= 11 is 0. The Morgan fingerprint density at radius 3 is 2.48 bits per heavy atom. The number of hydrogen-bond donors (Lipinski definition) is 2. The number of hydrogen-bond acceptors (Lipinski definition) is 3. The Kier molecular flexibility index (Phi) is 7.72. The SMILES string of the molecule is Cl.O=C(CC1CCCN1)Nc1ccc(CCC(=O)N2CCCC2)cc1. The molecule has 25 heavy (non-hydrogen) atoms. The van der Waals surface area contributed by atoms with Crippen molar-refractivity contribution in [2.24, 2.45) is 0 Å². The number of nitrogens with one attached hydrogen (secondary N) is 2. The van der Waals surface area contributed by atoms with Gasteiger partial charge in [0.05, 0.1) is 0 Å². The lowest BCUT2D eigenvalue weighted by Gasteiger charge is -2.15. The van der Waals surface area contributed by atoms with Crippen LogP contribution in [0.3, 0.4) is 0 Å². The number of halogens is 1. The Morgan fingerprint density at radius 2 is 1.84 bits per heavy atom. The van der Waals surface area contributed by atoms with E-state index in [4.69, 9.17) is 0 Å². The van der Waals surface area contributed by atoms with Crippen molar-refractivity contribution in [2.45, 2.75) is 51.0 Å². The Hall–Kier alpha value is -1.59. The summed E-state index contributed by atoms with van der Waals surface area (Å²) < 4.78 is 0. The summed E-state index contributed by atoms with van der Waals surface area (Å²) in [4.78, 5) is 26.0. The normalized spacial score (nSPS) is 19.5. The lowest BCUT2D eigenvalue weighted by atomic mass is 10.1. The summed E-state index contributed by atoms with van der Waals surface area (Å²) in [6.07, 6.45) is 6.37. The first-order valence-corrected chi connectivity index (χ1v) is 9.11. The van der Waals surface area contributed by atoms with Gasteiger partial charge in [-0.2, -0.15) is 0 Å². The largest absolute Gasteiger partial charge is 0.343 e. The molecular formula is C19H28ClN3O2. The molecule has 6 heteroatoms. The van der Waals surface area contributed by atoms with Crippen molar-refractivity contribution in [2.75, 3.05) is 25.0 Å². The molecule has 2 saturated heterocycles. The van der Waals surface area contributed by atoms with Crippen LogP contribution in [-0.2, 0) is 16.0 Å². The van der Waals surface area contributed by atoms with Crippen LogP contribution in [0.4, 0.5) is 5.69 Å². The summed E-state index contributed by atoms with van der Waals surface area (Å²) in [6, 6.07) is 8.17. The van der Waals surface area contributed by atoms with Gasteiger partial charge in [0, 0.05) is 37.7 Å². The fourth-order valence-electron chi connectivity index (χ4n) is 3.50. The van der Waals surface area contributed by atoms with E-state index in [0.29, 0.717) is 18.9 Å².